The first-order valence-corrected chi connectivity index (χ1v) is 5.84. The average Bonchev–Trinajstić information content (AvgIpc) is 2.17. The predicted molar refractivity (Wildman–Crippen MR) is 59.3 cm³/mol. The Bertz CT molecular complexity index is 302. The van der Waals surface area contributed by atoms with Crippen molar-refractivity contribution in [1.82, 2.24) is 0 Å². The van der Waals surface area contributed by atoms with E-state index in [0.717, 1.165) is 18.3 Å². The highest BCUT2D eigenvalue weighted by atomic mass is 16.5. The molecule has 0 aromatic carbocycles. The molecule has 0 aliphatic heterocycles. The van der Waals surface area contributed by atoms with Gasteiger partial charge in [-0.3, -0.25) is 4.79 Å². The molecule has 2 heteroatoms. The summed E-state index contributed by atoms with van der Waals surface area (Å²) < 4.78 is 5.00. The number of esters is 1. The molecule has 3 aliphatic carbocycles. The molecule has 1 fully saturated rings. The lowest BCUT2D eigenvalue weighted by atomic mass is 9.48. The van der Waals surface area contributed by atoms with Crippen molar-refractivity contribution in [3.05, 3.63) is 11.6 Å². The predicted octanol–water partition coefficient (Wildman–Crippen LogP) is 2.93. The van der Waals surface area contributed by atoms with E-state index in [2.05, 4.69) is 19.9 Å². The zero-order valence-corrected chi connectivity index (χ0v) is 9.88. The first kappa shape index (κ1) is 10.7. The molecule has 2 atom stereocenters. The largest absolute Gasteiger partial charge is 0.466 e. The third kappa shape index (κ3) is 1.82. The quantitative estimate of drug-likeness (QED) is 0.526. The zero-order valence-electron chi connectivity index (χ0n) is 9.88. The van der Waals surface area contributed by atoms with Crippen LogP contribution in [0.25, 0.3) is 0 Å². The second-order valence-corrected chi connectivity index (χ2v) is 5.41. The summed E-state index contributed by atoms with van der Waals surface area (Å²) in [5.74, 6) is 1.46. The van der Waals surface area contributed by atoms with E-state index >= 15 is 0 Å². The standard InChI is InChI=1S/C13H20O2/c1-9(14)15-7-6-10-4-5-11-8-12(10)13(11,2)3/h4,11-12H,5-8H2,1-3H3/t11-,12-/m1/s1. The molecule has 2 bridgehead atoms. The van der Waals surface area contributed by atoms with E-state index < -0.39 is 0 Å². The fraction of sp³-hybridized carbons (Fsp3) is 0.769. The van der Waals surface area contributed by atoms with Crippen LogP contribution in [-0.4, -0.2) is 12.6 Å². The van der Waals surface area contributed by atoms with Crippen LogP contribution in [0.15, 0.2) is 11.6 Å². The number of rotatable bonds is 3. The van der Waals surface area contributed by atoms with Gasteiger partial charge in [0.1, 0.15) is 0 Å². The fourth-order valence-electron chi connectivity index (χ4n) is 3.07. The summed E-state index contributed by atoms with van der Waals surface area (Å²) in [4.78, 5) is 10.7. The smallest absolute Gasteiger partial charge is 0.302 e. The highest BCUT2D eigenvalue weighted by Gasteiger charge is 2.50. The maximum absolute atomic E-state index is 10.7. The summed E-state index contributed by atoms with van der Waals surface area (Å²) in [6, 6.07) is 0. The number of hydrogen-bond acceptors (Lipinski definition) is 2. The molecule has 0 amide bonds. The zero-order chi connectivity index (χ0) is 11.1. The maximum atomic E-state index is 10.7. The van der Waals surface area contributed by atoms with Crippen molar-refractivity contribution in [1.29, 1.82) is 0 Å². The summed E-state index contributed by atoms with van der Waals surface area (Å²) in [6.45, 7) is 6.76. The summed E-state index contributed by atoms with van der Waals surface area (Å²) in [6.07, 6.45) is 5.87. The number of ether oxygens (including phenoxy) is 1. The van der Waals surface area contributed by atoms with Crippen LogP contribution in [-0.2, 0) is 9.53 Å². The molecule has 0 spiro atoms. The maximum Gasteiger partial charge on any atom is 0.302 e. The minimum absolute atomic E-state index is 0.169. The van der Waals surface area contributed by atoms with Gasteiger partial charge in [-0.2, -0.15) is 0 Å². The lowest BCUT2D eigenvalue weighted by Crippen LogP contribution is -2.48. The van der Waals surface area contributed by atoms with Crippen molar-refractivity contribution in [2.24, 2.45) is 17.3 Å². The van der Waals surface area contributed by atoms with Crippen LogP contribution in [0.1, 0.15) is 40.0 Å². The Kier molecular flexibility index (Phi) is 2.61. The molecule has 3 rings (SSSR count). The SMILES string of the molecule is CC(=O)OCCC1=CC[C@@H]2C[C@H]1C2(C)C. The molecule has 0 saturated heterocycles. The normalized spacial score (nSPS) is 31.5. The molecule has 0 aromatic rings. The molecule has 0 N–H and O–H groups in total. The van der Waals surface area contributed by atoms with Crippen LogP contribution >= 0.6 is 0 Å². The van der Waals surface area contributed by atoms with E-state index in [1.165, 1.54) is 25.3 Å². The number of fused-ring (bicyclic) bond motifs is 1. The summed E-state index contributed by atoms with van der Waals surface area (Å²) in [7, 11) is 0. The minimum atomic E-state index is -0.169. The molecule has 0 unspecified atom stereocenters. The third-order valence-electron chi connectivity index (χ3n) is 4.28. The second-order valence-electron chi connectivity index (χ2n) is 5.41. The van der Waals surface area contributed by atoms with Crippen molar-refractivity contribution in [2.45, 2.75) is 40.0 Å². The van der Waals surface area contributed by atoms with Crippen molar-refractivity contribution < 1.29 is 9.53 Å². The summed E-state index contributed by atoms with van der Waals surface area (Å²) in [5.41, 5.74) is 2.00. The lowest BCUT2D eigenvalue weighted by Gasteiger charge is -2.56. The average molecular weight is 208 g/mol. The topological polar surface area (TPSA) is 26.3 Å². The Morgan fingerprint density at radius 1 is 1.60 bits per heavy atom. The number of hydrogen-bond donors (Lipinski definition) is 0. The molecule has 0 heterocycles. The number of carbonyl (C=O) groups is 1. The monoisotopic (exact) mass is 208 g/mol. The van der Waals surface area contributed by atoms with Gasteiger partial charge >= 0.3 is 5.97 Å². The Morgan fingerprint density at radius 2 is 2.33 bits per heavy atom. The highest BCUT2D eigenvalue weighted by Crippen LogP contribution is 2.59. The first-order valence-electron chi connectivity index (χ1n) is 5.84. The van der Waals surface area contributed by atoms with Gasteiger partial charge in [0.25, 0.3) is 0 Å². The van der Waals surface area contributed by atoms with Gasteiger partial charge in [0.15, 0.2) is 0 Å². The van der Waals surface area contributed by atoms with E-state index in [-0.39, 0.29) is 5.97 Å². The molecule has 1 saturated carbocycles. The van der Waals surface area contributed by atoms with Crippen LogP contribution in [0.3, 0.4) is 0 Å². The molecular weight excluding hydrogens is 188 g/mol. The molecule has 84 valence electrons. The van der Waals surface area contributed by atoms with Crippen molar-refractivity contribution in [3.8, 4) is 0 Å². The molecule has 0 aromatic heterocycles. The summed E-state index contributed by atoms with van der Waals surface area (Å²) in [5, 5.41) is 0. The van der Waals surface area contributed by atoms with Gasteiger partial charge in [-0.15, -0.1) is 0 Å². The highest BCUT2D eigenvalue weighted by molar-refractivity contribution is 5.65. The van der Waals surface area contributed by atoms with Gasteiger partial charge in [-0.1, -0.05) is 25.5 Å². The second kappa shape index (κ2) is 3.66. The number of allylic oxidation sites excluding steroid dienone is 1. The molecule has 2 nitrogen and oxygen atoms in total. The van der Waals surface area contributed by atoms with Crippen LogP contribution in [0.4, 0.5) is 0 Å². The molecule has 15 heavy (non-hydrogen) atoms. The van der Waals surface area contributed by atoms with Gasteiger partial charge < -0.3 is 4.74 Å². The molecule has 3 aliphatic rings. The first-order chi connectivity index (χ1) is 7.01. The van der Waals surface area contributed by atoms with Crippen LogP contribution < -0.4 is 0 Å². The van der Waals surface area contributed by atoms with Gasteiger partial charge in [0, 0.05) is 13.3 Å². The van der Waals surface area contributed by atoms with E-state index in [0.29, 0.717) is 12.0 Å². The van der Waals surface area contributed by atoms with Gasteiger partial charge in [0.2, 0.25) is 0 Å². The van der Waals surface area contributed by atoms with E-state index in [4.69, 9.17) is 4.74 Å². The Labute approximate surface area is 91.7 Å². The number of carbonyl (C=O) groups excluding carboxylic acids is 1. The van der Waals surface area contributed by atoms with Crippen molar-refractivity contribution in [3.63, 3.8) is 0 Å². The third-order valence-corrected chi connectivity index (χ3v) is 4.28. The van der Waals surface area contributed by atoms with E-state index in [9.17, 15) is 4.79 Å². The van der Waals surface area contributed by atoms with Gasteiger partial charge in [-0.05, 0) is 30.1 Å². The van der Waals surface area contributed by atoms with Crippen LogP contribution in [0.2, 0.25) is 0 Å². The van der Waals surface area contributed by atoms with Gasteiger partial charge in [0.05, 0.1) is 6.61 Å². The van der Waals surface area contributed by atoms with Crippen LogP contribution in [0, 0.1) is 17.3 Å². The van der Waals surface area contributed by atoms with Gasteiger partial charge in [-0.25, -0.2) is 0 Å². The lowest BCUT2D eigenvalue weighted by molar-refractivity contribution is -0.141. The Balaban J connectivity index is 1.88. The molecule has 0 radical (unpaired) electrons. The summed E-state index contributed by atoms with van der Waals surface area (Å²) >= 11 is 0. The Hall–Kier alpha value is -0.790. The fourth-order valence-corrected chi connectivity index (χ4v) is 3.07. The van der Waals surface area contributed by atoms with E-state index in [1.54, 1.807) is 0 Å². The minimum Gasteiger partial charge on any atom is -0.466 e. The Morgan fingerprint density at radius 3 is 2.87 bits per heavy atom. The van der Waals surface area contributed by atoms with E-state index in [1.807, 2.05) is 0 Å². The van der Waals surface area contributed by atoms with Crippen molar-refractivity contribution >= 4 is 5.97 Å². The molecular formula is C13H20O2. The van der Waals surface area contributed by atoms with Crippen molar-refractivity contribution in [2.75, 3.05) is 6.61 Å². The van der Waals surface area contributed by atoms with Crippen LogP contribution in [0.5, 0.6) is 0 Å².